The third kappa shape index (κ3) is 2.20. The van der Waals surface area contributed by atoms with E-state index in [-0.39, 0.29) is 23.8 Å². The molecule has 0 radical (unpaired) electrons. The summed E-state index contributed by atoms with van der Waals surface area (Å²) in [6.45, 7) is 5.90. The Hall–Kier alpha value is -0.610. The van der Waals surface area contributed by atoms with E-state index in [0.717, 1.165) is 32.4 Å². The molecule has 0 bridgehead atoms. The monoisotopic (exact) mass is 240 g/mol. The molecule has 4 heteroatoms. The van der Waals surface area contributed by atoms with E-state index in [1.54, 1.807) is 4.90 Å². The van der Waals surface area contributed by atoms with Crippen LogP contribution in [0.15, 0.2) is 0 Å². The number of aliphatic hydroxyl groups excluding tert-OH is 1. The summed E-state index contributed by atoms with van der Waals surface area (Å²) in [6.07, 6.45) is 3.28. The van der Waals surface area contributed by atoms with Crippen LogP contribution >= 0.6 is 0 Å². The normalized spacial score (nSPS) is 26.9. The first-order valence-corrected chi connectivity index (χ1v) is 6.52. The first-order chi connectivity index (χ1) is 7.93. The summed E-state index contributed by atoms with van der Waals surface area (Å²) in [5, 5.41) is 12.7. The maximum Gasteiger partial charge on any atom is 0.226 e. The van der Waals surface area contributed by atoms with Crippen molar-refractivity contribution in [3.05, 3.63) is 0 Å². The number of aliphatic hydroxyl groups is 1. The van der Waals surface area contributed by atoms with Gasteiger partial charge in [-0.25, -0.2) is 0 Å². The van der Waals surface area contributed by atoms with Gasteiger partial charge in [0.25, 0.3) is 0 Å². The first-order valence-electron chi connectivity index (χ1n) is 6.52. The number of hydrogen-bond donors (Lipinski definition) is 2. The van der Waals surface area contributed by atoms with E-state index in [2.05, 4.69) is 5.32 Å². The van der Waals surface area contributed by atoms with Gasteiger partial charge in [0, 0.05) is 13.0 Å². The SMILES string of the molecule is CN(C(=O)C1CC12CCNCC2)C(C)(C)CO. The highest BCUT2D eigenvalue weighted by molar-refractivity contribution is 5.83. The number of likely N-dealkylation sites (N-methyl/N-ethyl adjacent to an activating group) is 1. The van der Waals surface area contributed by atoms with Gasteiger partial charge < -0.3 is 15.3 Å². The Balaban J connectivity index is 1.98. The molecule has 0 aromatic heterocycles. The van der Waals surface area contributed by atoms with Gasteiger partial charge in [0.2, 0.25) is 5.91 Å². The number of rotatable bonds is 3. The molecule has 2 rings (SSSR count). The van der Waals surface area contributed by atoms with Gasteiger partial charge in [-0.3, -0.25) is 4.79 Å². The van der Waals surface area contributed by atoms with Crippen molar-refractivity contribution in [2.45, 2.75) is 38.6 Å². The van der Waals surface area contributed by atoms with Crippen LogP contribution in [-0.2, 0) is 4.79 Å². The van der Waals surface area contributed by atoms with Crippen LogP contribution in [-0.4, -0.2) is 48.2 Å². The molecule has 0 aromatic rings. The summed E-state index contributed by atoms with van der Waals surface area (Å²) in [7, 11) is 1.81. The fourth-order valence-electron chi connectivity index (χ4n) is 2.81. The van der Waals surface area contributed by atoms with Crippen LogP contribution in [0.3, 0.4) is 0 Å². The largest absolute Gasteiger partial charge is 0.394 e. The Morgan fingerprint density at radius 2 is 2.06 bits per heavy atom. The highest BCUT2D eigenvalue weighted by Gasteiger charge is 2.59. The van der Waals surface area contributed by atoms with Crippen LogP contribution in [0.4, 0.5) is 0 Å². The second kappa shape index (κ2) is 4.25. The topological polar surface area (TPSA) is 52.6 Å². The van der Waals surface area contributed by atoms with E-state index in [1.165, 1.54) is 0 Å². The zero-order chi connectivity index (χ0) is 12.7. The average molecular weight is 240 g/mol. The average Bonchev–Trinajstić information content (AvgIpc) is 3.02. The van der Waals surface area contributed by atoms with E-state index in [4.69, 9.17) is 0 Å². The predicted molar refractivity (Wildman–Crippen MR) is 66.6 cm³/mol. The van der Waals surface area contributed by atoms with E-state index >= 15 is 0 Å². The number of piperidine rings is 1. The fraction of sp³-hybridized carbons (Fsp3) is 0.923. The molecule has 1 aliphatic carbocycles. The lowest BCUT2D eigenvalue weighted by molar-refractivity contribution is -0.138. The summed E-state index contributed by atoms with van der Waals surface area (Å²) >= 11 is 0. The number of nitrogens with zero attached hydrogens (tertiary/aromatic N) is 1. The van der Waals surface area contributed by atoms with E-state index in [0.29, 0.717) is 0 Å². The molecule has 1 saturated carbocycles. The molecular weight excluding hydrogens is 216 g/mol. The number of carbonyl (C=O) groups is 1. The second-order valence-electron chi connectivity index (χ2n) is 6.24. The molecular formula is C13H24N2O2. The van der Waals surface area contributed by atoms with Gasteiger partial charge in [-0.2, -0.15) is 0 Å². The van der Waals surface area contributed by atoms with Crippen LogP contribution in [0, 0.1) is 11.3 Å². The Morgan fingerprint density at radius 1 is 1.47 bits per heavy atom. The van der Waals surface area contributed by atoms with Gasteiger partial charge in [0.15, 0.2) is 0 Å². The molecule has 2 fully saturated rings. The summed E-state index contributed by atoms with van der Waals surface area (Å²) in [5.41, 5.74) is -0.171. The predicted octanol–water partition coefficient (Wildman–Crippen LogP) is 0.605. The Bertz CT molecular complexity index is 309. The summed E-state index contributed by atoms with van der Waals surface area (Å²) < 4.78 is 0. The van der Waals surface area contributed by atoms with Gasteiger partial charge >= 0.3 is 0 Å². The molecule has 98 valence electrons. The molecule has 2 N–H and O–H groups in total. The Kier molecular flexibility index (Phi) is 3.21. The van der Waals surface area contributed by atoms with Crippen LogP contribution in [0.25, 0.3) is 0 Å². The quantitative estimate of drug-likeness (QED) is 0.760. The fourth-order valence-corrected chi connectivity index (χ4v) is 2.81. The zero-order valence-corrected chi connectivity index (χ0v) is 11.1. The maximum absolute atomic E-state index is 12.4. The minimum absolute atomic E-state index is 0.0104. The number of carbonyl (C=O) groups excluding carboxylic acids is 1. The molecule has 1 amide bonds. The molecule has 1 unspecified atom stereocenters. The number of hydrogen-bond acceptors (Lipinski definition) is 3. The van der Waals surface area contributed by atoms with Gasteiger partial charge in [0.1, 0.15) is 0 Å². The van der Waals surface area contributed by atoms with Crippen molar-refractivity contribution in [2.24, 2.45) is 11.3 Å². The van der Waals surface area contributed by atoms with Crippen molar-refractivity contribution in [3.63, 3.8) is 0 Å². The minimum Gasteiger partial charge on any atom is -0.394 e. The molecule has 0 aromatic carbocycles. The van der Waals surface area contributed by atoms with Gasteiger partial charge in [-0.15, -0.1) is 0 Å². The lowest BCUT2D eigenvalue weighted by Gasteiger charge is -2.35. The summed E-state index contributed by atoms with van der Waals surface area (Å²) in [4.78, 5) is 14.1. The van der Waals surface area contributed by atoms with E-state index in [1.807, 2.05) is 20.9 Å². The van der Waals surface area contributed by atoms with Crippen molar-refractivity contribution < 1.29 is 9.90 Å². The molecule has 1 spiro atoms. The van der Waals surface area contributed by atoms with E-state index < -0.39 is 5.54 Å². The van der Waals surface area contributed by atoms with Crippen LogP contribution < -0.4 is 5.32 Å². The summed E-state index contributed by atoms with van der Waals surface area (Å²) in [6, 6.07) is 0. The molecule has 1 saturated heterocycles. The smallest absolute Gasteiger partial charge is 0.226 e. The van der Waals surface area contributed by atoms with Crippen molar-refractivity contribution >= 4 is 5.91 Å². The van der Waals surface area contributed by atoms with Gasteiger partial charge in [-0.1, -0.05) is 0 Å². The molecule has 17 heavy (non-hydrogen) atoms. The maximum atomic E-state index is 12.4. The van der Waals surface area contributed by atoms with Crippen molar-refractivity contribution in [3.8, 4) is 0 Å². The zero-order valence-electron chi connectivity index (χ0n) is 11.1. The minimum atomic E-state index is -0.451. The molecule has 1 aliphatic heterocycles. The first kappa shape index (κ1) is 12.8. The lowest BCUT2D eigenvalue weighted by Crippen LogP contribution is -2.49. The third-order valence-corrected chi connectivity index (χ3v) is 4.71. The second-order valence-corrected chi connectivity index (χ2v) is 6.24. The van der Waals surface area contributed by atoms with Crippen molar-refractivity contribution in [1.82, 2.24) is 10.2 Å². The number of nitrogens with one attached hydrogen (secondary N) is 1. The van der Waals surface area contributed by atoms with Gasteiger partial charge in [0.05, 0.1) is 12.1 Å². The standard InChI is InChI=1S/C13H24N2O2/c1-12(2,9-16)15(3)11(17)10-8-13(10)4-6-14-7-5-13/h10,14,16H,4-9H2,1-3H3. The Labute approximate surface area is 103 Å². The lowest BCUT2D eigenvalue weighted by atomic mass is 9.91. The molecule has 4 nitrogen and oxygen atoms in total. The van der Waals surface area contributed by atoms with Gasteiger partial charge in [-0.05, 0) is 51.6 Å². The highest BCUT2D eigenvalue weighted by Crippen LogP contribution is 2.59. The number of amides is 1. The van der Waals surface area contributed by atoms with Crippen LogP contribution in [0.1, 0.15) is 33.1 Å². The molecule has 1 atom stereocenters. The molecule has 2 aliphatic rings. The Morgan fingerprint density at radius 3 is 2.59 bits per heavy atom. The van der Waals surface area contributed by atoms with Crippen molar-refractivity contribution in [2.75, 3.05) is 26.7 Å². The van der Waals surface area contributed by atoms with Crippen LogP contribution in [0.2, 0.25) is 0 Å². The highest BCUT2D eigenvalue weighted by atomic mass is 16.3. The van der Waals surface area contributed by atoms with Crippen molar-refractivity contribution in [1.29, 1.82) is 0 Å². The third-order valence-electron chi connectivity index (χ3n) is 4.71. The van der Waals surface area contributed by atoms with E-state index in [9.17, 15) is 9.90 Å². The van der Waals surface area contributed by atoms with Crippen LogP contribution in [0.5, 0.6) is 0 Å². The summed E-state index contributed by atoms with van der Waals surface area (Å²) in [5.74, 6) is 0.409. The molecule has 1 heterocycles.